The molecular weight excluding hydrogens is 270 g/mol. The topological polar surface area (TPSA) is 12.5 Å². The molecule has 1 aliphatic heterocycles. The van der Waals surface area contributed by atoms with Crippen LogP contribution in [-0.2, 0) is 6.54 Å². The minimum atomic E-state index is 0.462. The van der Waals surface area contributed by atoms with Crippen molar-refractivity contribution < 1.29 is 4.74 Å². The highest BCUT2D eigenvalue weighted by molar-refractivity contribution is 5.91. The standard InChI is InChI=1S/C20H27NO/c1-15(2)20-18-10-6-5-9-17(18)16(13-19(20)22-3)14-21-11-7-4-8-12-21/h5-6,9-10,13,15H,4,7-8,11-12,14H2,1-3H3. The van der Waals surface area contributed by atoms with E-state index in [4.69, 9.17) is 4.74 Å². The van der Waals surface area contributed by atoms with Crippen LogP contribution in [0.3, 0.4) is 0 Å². The fourth-order valence-electron chi connectivity index (χ4n) is 3.70. The van der Waals surface area contributed by atoms with Crippen molar-refractivity contribution in [1.82, 2.24) is 4.90 Å². The van der Waals surface area contributed by atoms with Gasteiger partial charge in [0, 0.05) is 12.1 Å². The molecule has 0 N–H and O–H groups in total. The Labute approximate surface area is 134 Å². The Balaban J connectivity index is 2.07. The molecule has 2 heteroatoms. The van der Waals surface area contributed by atoms with Crippen molar-refractivity contribution in [2.45, 2.75) is 45.6 Å². The van der Waals surface area contributed by atoms with Crippen LogP contribution in [0.5, 0.6) is 5.75 Å². The third kappa shape index (κ3) is 2.98. The number of nitrogens with zero attached hydrogens (tertiary/aromatic N) is 1. The van der Waals surface area contributed by atoms with Gasteiger partial charge in [0.25, 0.3) is 0 Å². The summed E-state index contributed by atoms with van der Waals surface area (Å²) < 4.78 is 5.73. The number of likely N-dealkylation sites (tertiary alicyclic amines) is 1. The van der Waals surface area contributed by atoms with E-state index in [1.54, 1.807) is 7.11 Å². The predicted molar refractivity (Wildman–Crippen MR) is 93.7 cm³/mol. The summed E-state index contributed by atoms with van der Waals surface area (Å²) in [7, 11) is 1.79. The maximum absolute atomic E-state index is 5.73. The average molecular weight is 297 g/mol. The van der Waals surface area contributed by atoms with Crippen LogP contribution in [-0.4, -0.2) is 25.1 Å². The molecule has 1 saturated heterocycles. The molecule has 1 fully saturated rings. The number of rotatable bonds is 4. The van der Waals surface area contributed by atoms with Gasteiger partial charge in [-0.25, -0.2) is 0 Å². The monoisotopic (exact) mass is 297 g/mol. The molecule has 0 radical (unpaired) electrons. The zero-order chi connectivity index (χ0) is 15.5. The highest BCUT2D eigenvalue weighted by Gasteiger charge is 2.17. The Morgan fingerprint density at radius 3 is 2.36 bits per heavy atom. The first kappa shape index (κ1) is 15.4. The van der Waals surface area contributed by atoms with E-state index in [1.807, 2.05) is 0 Å². The summed E-state index contributed by atoms with van der Waals surface area (Å²) in [5.74, 6) is 1.50. The first-order valence-corrected chi connectivity index (χ1v) is 8.51. The third-order valence-electron chi connectivity index (χ3n) is 4.77. The summed E-state index contributed by atoms with van der Waals surface area (Å²) in [5, 5.41) is 2.74. The number of ether oxygens (including phenoxy) is 1. The third-order valence-corrected chi connectivity index (χ3v) is 4.77. The quantitative estimate of drug-likeness (QED) is 0.791. The van der Waals surface area contributed by atoms with Crippen LogP contribution in [0.25, 0.3) is 10.8 Å². The molecule has 0 unspecified atom stereocenters. The smallest absolute Gasteiger partial charge is 0.123 e. The van der Waals surface area contributed by atoms with Gasteiger partial charge < -0.3 is 4.74 Å². The Hall–Kier alpha value is -1.54. The van der Waals surface area contributed by atoms with Gasteiger partial charge in [-0.3, -0.25) is 4.90 Å². The van der Waals surface area contributed by atoms with Crippen LogP contribution < -0.4 is 4.74 Å². The summed E-state index contributed by atoms with van der Waals surface area (Å²) in [4.78, 5) is 2.58. The van der Waals surface area contributed by atoms with Crippen molar-refractivity contribution in [3.8, 4) is 5.75 Å². The number of hydrogen-bond acceptors (Lipinski definition) is 2. The molecule has 0 spiro atoms. The Kier molecular flexibility index (Phi) is 4.68. The van der Waals surface area contributed by atoms with Gasteiger partial charge in [0.05, 0.1) is 7.11 Å². The van der Waals surface area contributed by atoms with E-state index in [9.17, 15) is 0 Å². The van der Waals surface area contributed by atoms with E-state index in [0.29, 0.717) is 5.92 Å². The number of methoxy groups -OCH3 is 1. The summed E-state index contributed by atoms with van der Waals surface area (Å²) in [6.07, 6.45) is 4.05. The molecule has 2 aromatic rings. The lowest BCUT2D eigenvalue weighted by molar-refractivity contribution is 0.221. The number of piperidine rings is 1. The molecule has 1 heterocycles. The maximum atomic E-state index is 5.73. The molecule has 0 atom stereocenters. The van der Waals surface area contributed by atoms with Crippen LogP contribution in [0, 0.1) is 0 Å². The van der Waals surface area contributed by atoms with Crippen molar-refractivity contribution >= 4 is 10.8 Å². The lowest BCUT2D eigenvalue weighted by atomic mass is 9.91. The highest BCUT2D eigenvalue weighted by Crippen LogP contribution is 2.36. The molecule has 1 aliphatic rings. The van der Waals surface area contributed by atoms with Gasteiger partial charge in [0.15, 0.2) is 0 Å². The van der Waals surface area contributed by atoms with Gasteiger partial charge in [-0.2, -0.15) is 0 Å². The van der Waals surface area contributed by atoms with E-state index in [-0.39, 0.29) is 0 Å². The fourth-order valence-corrected chi connectivity index (χ4v) is 3.70. The van der Waals surface area contributed by atoms with Crippen molar-refractivity contribution in [2.75, 3.05) is 20.2 Å². The molecule has 0 amide bonds. The molecular formula is C20H27NO. The largest absolute Gasteiger partial charge is 0.496 e. The summed E-state index contributed by atoms with van der Waals surface area (Å²) >= 11 is 0. The normalized spacial score (nSPS) is 16.4. The zero-order valence-corrected chi connectivity index (χ0v) is 14.1. The van der Waals surface area contributed by atoms with E-state index >= 15 is 0 Å². The second kappa shape index (κ2) is 6.70. The molecule has 0 aromatic heterocycles. The molecule has 118 valence electrons. The molecule has 3 rings (SSSR count). The fraction of sp³-hybridized carbons (Fsp3) is 0.500. The van der Waals surface area contributed by atoms with Crippen molar-refractivity contribution in [3.63, 3.8) is 0 Å². The second-order valence-corrected chi connectivity index (χ2v) is 6.69. The van der Waals surface area contributed by atoms with E-state index in [1.165, 1.54) is 54.3 Å². The number of hydrogen-bond donors (Lipinski definition) is 0. The lowest BCUT2D eigenvalue weighted by Gasteiger charge is -2.28. The van der Waals surface area contributed by atoms with Gasteiger partial charge in [0.1, 0.15) is 5.75 Å². The first-order valence-electron chi connectivity index (χ1n) is 8.51. The predicted octanol–water partition coefficient (Wildman–Crippen LogP) is 4.96. The molecule has 0 saturated carbocycles. The minimum Gasteiger partial charge on any atom is -0.496 e. The van der Waals surface area contributed by atoms with Gasteiger partial charge in [-0.1, -0.05) is 44.5 Å². The molecule has 22 heavy (non-hydrogen) atoms. The van der Waals surface area contributed by atoms with Crippen LogP contribution in [0.2, 0.25) is 0 Å². The van der Waals surface area contributed by atoms with Crippen LogP contribution in [0.4, 0.5) is 0 Å². The highest BCUT2D eigenvalue weighted by atomic mass is 16.5. The Bertz CT molecular complexity index is 641. The summed E-state index contributed by atoms with van der Waals surface area (Å²) in [6, 6.07) is 11.1. The van der Waals surface area contributed by atoms with Gasteiger partial charge in [-0.05, 0) is 54.3 Å². The van der Waals surface area contributed by atoms with E-state index < -0.39 is 0 Å². The molecule has 2 nitrogen and oxygen atoms in total. The number of benzene rings is 2. The molecule has 0 bridgehead atoms. The lowest BCUT2D eigenvalue weighted by Crippen LogP contribution is -2.29. The van der Waals surface area contributed by atoms with Gasteiger partial charge in [-0.15, -0.1) is 0 Å². The number of fused-ring (bicyclic) bond motifs is 1. The van der Waals surface area contributed by atoms with Crippen LogP contribution >= 0.6 is 0 Å². The Morgan fingerprint density at radius 2 is 1.73 bits per heavy atom. The van der Waals surface area contributed by atoms with Crippen LogP contribution in [0.1, 0.15) is 50.2 Å². The second-order valence-electron chi connectivity index (χ2n) is 6.69. The van der Waals surface area contributed by atoms with E-state index in [0.717, 1.165) is 12.3 Å². The maximum Gasteiger partial charge on any atom is 0.123 e. The molecule has 2 aromatic carbocycles. The first-order chi connectivity index (χ1) is 10.7. The molecule has 0 aliphatic carbocycles. The zero-order valence-electron chi connectivity index (χ0n) is 14.1. The minimum absolute atomic E-state index is 0.462. The van der Waals surface area contributed by atoms with Crippen molar-refractivity contribution in [3.05, 3.63) is 41.5 Å². The van der Waals surface area contributed by atoms with Gasteiger partial charge >= 0.3 is 0 Å². The Morgan fingerprint density at radius 1 is 1.05 bits per heavy atom. The summed E-state index contributed by atoms with van der Waals surface area (Å²) in [6.45, 7) is 7.98. The van der Waals surface area contributed by atoms with Crippen molar-refractivity contribution in [1.29, 1.82) is 0 Å². The van der Waals surface area contributed by atoms with E-state index in [2.05, 4.69) is 49.1 Å². The summed E-state index contributed by atoms with van der Waals surface area (Å²) in [5.41, 5.74) is 2.74. The van der Waals surface area contributed by atoms with Crippen LogP contribution in [0.15, 0.2) is 30.3 Å². The average Bonchev–Trinajstić information content (AvgIpc) is 2.55. The van der Waals surface area contributed by atoms with Crippen molar-refractivity contribution in [2.24, 2.45) is 0 Å². The SMILES string of the molecule is COc1cc(CN2CCCCC2)c2ccccc2c1C(C)C. The van der Waals surface area contributed by atoms with Gasteiger partial charge in [0.2, 0.25) is 0 Å².